The van der Waals surface area contributed by atoms with E-state index in [2.05, 4.69) is 20.3 Å². The average molecular weight is 472 g/mol. The summed E-state index contributed by atoms with van der Waals surface area (Å²) in [6.45, 7) is 1.86. The Hall–Kier alpha value is -3.08. The van der Waals surface area contributed by atoms with E-state index in [1.165, 1.54) is 7.11 Å². The molecule has 3 aromatic heterocycles. The summed E-state index contributed by atoms with van der Waals surface area (Å²) in [4.78, 5) is 12.7. The van der Waals surface area contributed by atoms with Crippen LogP contribution in [0.15, 0.2) is 30.6 Å². The first kappa shape index (κ1) is 21.5. The van der Waals surface area contributed by atoms with Crippen LogP contribution in [0.4, 0.5) is 4.39 Å². The highest BCUT2D eigenvalue weighted by atomic mass is 19.1. The molecule has 9 nitrogen and oxygen atoms in total. The maximum Gasteiger partial charge on any atom is 0.213 e. The van der Waals surface area contributed by atoms with Crippen LogP contribution in [0.1, 0.15) is 25.5 Å². The largest absolute Gasteiger partial charge is 0.486 e. The topological polar surface area (TPSA) is 108 Å². The molecular weight excluding hydrogens is 443 g/mol. The van der Waals surface area contributed by atoms with Gasteiger partial charge in [-0.3, -0.25) is 9.97 Å². The number of hydrogen-bond donors (Lipinski definition) is 2. The number of nitrogens with zero attached hydrogens (tertiary/aromatic N) is 3. The fraction of sp³-hybridized carbons (Fsp3) is 0.458. The van der Waals surface area contributed by atoms with Crippen molar-refractivity contribution in [2.75, 3.05) is 26.9 Å². The Morgan fingerprint density at radius 1 is 1.24 bits per heavy atom. The molecule has 2 aliphatic rings. The molecule has 0 aromatic carbocycles. The maximum absolute atomic E-state index is 14.7. The number of halogens is 1. The van der Waals surface area contributed by atoms with Crippen molar-refractivity contribution < 1.29 is 29.8 Å². The molecule has 10 heteroatoms. The van der Waals surface area contributed by atoms with Gasteiger partial charge in [0.2, 0.25) is 5.88 Å². The highest BCUT2D eigenvalue weighted by Gasteiger charge is 2.29. The van der Waals surface area contributed by atoms with Crippen molar-refractivity contribution in [1.29, 1.82) is 0 Å². The second kappa shape index (κ2) is 10.0. The van der Waals surface area contributed by atoms with E-state index < -0.39 is 18.0 Å². The second-order valence-electron chi connectivity index (χ2n) is 8.27. The molecule has 180 valence electrons. The lowest BCUT2D eigenvalue weighted by atomic mass is 9.96. The number of fused-ring (bicyclic) bond motifs is 2. The highest BCUT2D eigenvalue weighted by Crippen LogP contribution is 2.29. The molecule has 2 N–H and O–H groups in total. The summed E-state index contributed by atoms with van der Waals surface area (Å²) in [5.74, 6) is 0.997. The predicted octanol–water partition coefficient (Wildman–Crippen LogP) is 2.18. The Bertz CT molecular complexity index is 1210. The van der Waals surface area contributed by atoms with Crippen LogP contribution >= 0.6 is 0 Å². The van der Waals surface area contributed by atoms with Crippen molar-refractivity contribution in [1.82, 2.24) is 20.3 Å². The number of methoxy groups -OCH3 is 1. The standard InChI is InChI=1S/C24H27FN4O5/c1-31-23-5-3-18-24(29-23)16(17(25)11-28-18)9-19(30)20-4-2-14(13-34-20)26-10-15-8-21-22(12-27-15)33-7-6-32-21/h3,5,8,11-12,14,19-20,26,30H,2,4,6-7,9-10,13H2,1H3/t14-,19+,20+/m1/s1/i19D. The number of pyridine rings is 3. The van der Waals surface area contributed by atoms with Crippen molar-refractivity contribution in [3.8, 4) is 17.4 Å². The van der Waals surface area contributed by atoms with Crippen molar-refractivity contribution in [3.05, 3.63) is 47.7 Å². The van der Waals surface area contributed by atoms with Gasteiger partial charge in [0.1, 0.15) is 19.0 Å². The lowest BCUT2D eigenvalue weighted by Gasteiger charge is -2.32. The zero-order valence-corrected chi connectivity index (χ0v) is 18.8. The average Bonchev–Trinajstić information content (AvgIpc) is 2.89. The summed E-state index contributed by atoms with van der Waals surface area (Å²) >= 11 is 0. The fourth-order valence-corrected chi connectivity index (χ4v) is 4.16. The maximum atomic E-state index is 14.7. The molecule has 3 atom stereocenters. The summed E-state index contributed by atoms with van der Waals surface area (Å²) in [7, 11) is 1.46. The van der Waals surface area contributed by atoms with Crippen molar-refractivity contribution in [2.45, 2.75) is 44.0 Å². The summed E-state index contributed by atoms with van der Waals surface area (Å²) in [5, 5.41) is 14.3. The van der Waals surface area contributed by atoms with Gasteiger partial charge in [-0.2, -0.15) is 0 Å². The molecule has 0 amide bonds. The Balaban J connectivity index is 1.20. The van der Waals surface area contributed by atoms with Gasteiger partial charge in [0, 0.05) is 36.7 Å². The molecule has 1 saturated heterocycles. The van der Waals surface area contributed by atoms with Gasteiger partial charge in [-0.05, 0) is 18.9 Å². The van der Waals surface area contributed by atoms with E-state index in [-0.39, 0.29) is 23.5 Å². The highest BCUT2D eigenvalue weighted by molar-refractivity contribution is 5.78. The zero-order valence-electron chi connectivity index (χ0n) is 19.8. The van der Waals surface area contributed by atoms with Crippen LogP contribution < -0.4 is 19.5 Å². The van der Waals surface area contributed by atoms with Gasteiger partial charge in [0.25, 0.3) is 0 Å². The lowest BCUT2D eigenvalue weighted by molar-refractivity contribution is -0.0719. The van der Waals surface area contributed by atoms with Gasteiger partial charge in [-0.25, -0.2) is 9.37 Å². The number of aliphatic hydroxyl groups is 1. The van der Waals surface area contributed by atoms with E-state index in [1.807, 2.05) is 6.07 Å². The van der Waals surface area contributed by atoms with E-state index in [0.717, 1.165) is 11.9 Å². The van der Waals surface area contributed by atoms with Crippen LogP contribution in [-0.2, 0) is 17.7 Å². The van der Waals surface area contributed by atoms with Crippen LogP contribution in [0.25, 0.3) is 11.0 Å². The Morgan fingerprint density at radius 2 is 2.09 bits per heavy atom. The van der Waals surface area contributed by atoms with Crippen LogP contribution in [0.5, 0.6) is 17.4 Å². The van der Waals surface area contributed by atoms with Gasteiger partial charge >= 0.3 is 0 Å². The minimum atomic E-state index is -2.04. The van der Waals surface area contributed by atoms with Crippen molar-refractivity contribution in [2.24, 2.45) is 0 Å². The van der Waals surface area contributed by atoms with Gasteiger partial charge in [0.05, 0.1) is 56.4 Å². The molecule has 1 fully saturated rings. The molecule has 0 spiro atoms. The first-order chi connectivity index (χ1) is 16.9. The molecule has 2 aliphatic heterocycles. The Morgan fingerprint density at radius 3 is 2.88 bits per heavy atom. The molecular formula is C24H27FN4O5. The zero-order chi connectivity index (χ0) is 24.4. The fourth-order valence-electron chi connectivity index (χ4n) is 4.16. The molecule has 0 saturated carbocycles. The molecule has 0 radical (unpaired) electrons. The Kier molecular flexibility index (Phi) is 6.34. The molecule has 0 bridgehead atoms. The quantitative estimate of drug-likeness (QED) is 0.536. The number of ether oxygens (including phenoxy) is 4. The lowest BCUT2D eigenvalue weighted by Crippen LogP contribution is -2.44. The first-order valence-electron chi connectivity index (χ1n) is 11.7. The van der Waals surface area contributed by atoms with E-state index in [1.54, 1.807) is 18.3 Å². The third-order valence-electron chi connectivity index (χ3n) is 6.01. The van der Waals surface area contributed by atoms with E-state index >= 15 is 0 Å². The van der Waals surface area contributed by atoms with Crippen LogP contribution in [-0.4, -0.2) is 65.2 Å². The summed E-state index contributed by atoms with van der Waals surface area (Å²) in [6, 6.07) is 5.17. The minimum absolute atomic E-state index is 0.0291. The predicted molar refractivity (Wildman–Crippen MR) is 121 cm³/mol. The summed E-state index contributed by atoms with van der Waals surface area (Å²) in [5.41, 5.74) is 1.65. The SMILES string of the molecule is [2H][C@](O)(Cc1c(F)cnc2ccc(OC)nc12)[C@@H]1CC[C@@H](NCc2cc3c(cn2)OCCO3)CO1. The van der Waals surface area contributed by atoms with Crippen LogP contribution in [0, 0.1) is 5.82 Å². The molecule has 5 rings (SSSR count). The van der Waals surface area contributed by atoms with E-state index in [4.69, 9.17) is 20.3 Å². The van der Waals surface area contributed by atoms with Gasteiger partial charge in [-0.1, -0.05) is 0 Å². The molecule has 0 unspecified atom stereocenters. The summed E-state index contributed by atoms with van der Waals surface area (Å²) in [6.07, 6.45) is 0.752. The number of nitrogens with one attached hydrogen (secondary N) is 1. The molecule has 5 heterocycles. The Labute approximate surface area is 197 Å². The summed E-state index contributed by atoms with van der Waals surface area (Å²) < 4.78 is 45.3. The number of rotatable bonds is 7. The third kappa shape index (κ3) is 4.89. The van der Waals surface area contributed by atoms with Gasteiger partial charge in [-0.15, -0.1) is 0 Å². The van der Waals surface area contributed by atoms with Crippen molar-refractivity contribution in [3.63, 3.8) is 0 Å². The smallest absolute Gasteiger partial charge is 0.213 e. The minimum Gasteiger partial charge on any atom is -0.486 e. The monoisotopic (exact) mass is 471 g/mol. The third-order valence-corrected chi connectivity index (χ3v) is 6.01. The number of hydrogen-bond acceptors (Lipinski definition) is 9. The van der Waals surface area contributed by atoms with E-state index in [9.17, 15) is 9.50 Å². The van der Waals surface area contributed by atoms with E-state index in [0.29, 0.717) is 62.1 Å². The van der Waals surface area contributed by atoms with Crippen LogP contribution in [0.3, 0.4) is 0 Å². The van der Waals surface area contributed by atoms with Gasteiger partial charge in [0.15, 0.2) is 11.5 Å². The number of aromatic nitrogens is 3. The molecule has 0 aliphatic carbocycles. The van der Waals surface area contributed by atoms with Gasteiger partial charge < -0.3 is 29.4 Å². The van der Waals surface area contributed by atoms with Crippen LogP contribution in [0.2, 0.25) is 0 Å². The second-order valence-corrected chi connectivity index (χ2v) is 8.27. The van der Waals surface area contributed by atoms with Crippen molar-refractivity contribution >= 4 is 11.0 Å². The molecule has 3 aromatic rings. The normalized spacial score (nSPS) is 22.1. The first-order valence-corrected chi connectivity index (χ1v) is 11.2. The molecule has 34 heavy (non-hydrogen) atoms.